The van der Waals surface area contributed by atoms with E-state index in [-0.39, 0.29) is 0 Å². The van der Waals surface area contributed by atoms with Gasteiger partial charge in [-0.05, 0) is 26.0 Å². The predicted molar refractivity (Wildman–Crippen MR) is 72.4 cm³/mol. The molecule has 0 aromatic rings. The number of nitrogens with one attached hydrogen (secondary N) is 1. The number of allylic oxidation sites excluding steroid dienone is 6. The van der Waals surface area contributed by atoms with Crippen molar-refractivity contribution < 1.29 is 0 Å². The van der Waals surface area contributed by atoms with Gasteiger partial charge in [0.25, 0.3) is 0 Å². The molecule has 0 unspecified atom stereocenters. The van der Waals surface area contributed by atoms with Crippen LogP contribution in [0.25, 0.3) is 0 Å². The van der Waals surface area contributed by atoms with Gasteiger partial charge in [-0.25, -0.2) is 0 Å². The molecule has 0 heterocycles. The molecular formula is C13H21N3. The molecule has 0 atom stereocenters. The van der Waals surface area contributed by atoms with Crippen molar-refractivity contribution in [3.63, 3.8) is 0 Å². The maximum atomic E-state index is 6.01. The quantitative estimate of drug-likeness (QED) is 0.550. The second-order valence-corrected chi connectivity index (χ2v) is 3.07. The van der Waals surface area contributed by atoms with Crippen LogP contribution in [0.2, 0.25) is 0 Å². The zero-order valence-corrected chi connectivity index (χ0v) is 10.5. The monoisotopic (exact) mass is 219 g/mol. The lowest BCUT2D eigenvalue weighted by atomic mass is 10.2. The maximum Gasteiger partial charge on any atom is 0.0821 e. The number of likely N-dealkylation sites (N-methyl/N-ethyl adjacent to an activating group) is 1. The zero-order chi connectivity index (χ0) is 12.4. The number of aliphatic imine (C=N–C) groups is 1. The van der Waals surface area contributed by atoms with Gasteiger partial charge < -0.3 is 11.1 Å². The van der Waals surface area contributed by atoms with Crippen molar-refractivity contribution in [1.82, 2.24) is 5.32 Å². The Bertz CT molecular complexity index is 344. The van der Waals surface area contributed by atoms with E-state index in [4.69, 9.17) is 5.73 Å². The van der Waals surface area contributed by atoms with Crippen LogP contribution in [0.4, 0.5) is 0 Å². The normalized spacial score (nSPS) is 15.1. The molecule has 0 aliphatic heterocycles. The summed E-state index contributed by atoms with van der Waals surface area (Å²) in [5.41, 5.74) is 8.29. The van der Waals surface area contributed by atoms with Crippen LogP contribution in [0, 0.1) is 0 Å². The highest BCUT2D eigenvalue weighted by Gasteiger charge is 2.02. The minimum absolute atomic E-state index is 0.642. The molecule has 0 aromatic heterocycles. The summed E-state index contributed by atoms with van der Waals surface area (Å²) in [5.74, 6) is 0. The molecule has 0 aliphatic carbocycles. The van der Waals surface area contributed by atoms with Crippen LogP contribution in [0.15, 0.2) is 52.8 Å². The van der Waals surface area contributed by atoms with Gasteiger partial charge in [-0.15, -0.1) is 0 Å². The van der Waals surface area contributed by atoms with Crippen LogP contribution >= 0.6 is 0 Å². The van der Waals surface area contributed by atoms with Crippen LogP contribution in [-0.4, -0.2) is 19.8 Å². The van der Waals surface area contributed by atoms with E-state index in [2.05, 4.69) is 10.3 Å². The van der Waals surface area contributed by atoms with Gasteiger partial charge in [0, 0.05) is 14.1 Å². The average molecular weight is 219 g/mol. The molecular weight excluding hydrogens is 198 g/mol. The summed E-state index contributed by atoms with van der Waals surface area (Å²) in [7, 11) is 3.57. The van der Waals surface area contributed by atoms with Gasteiger partial charge in [0.15, 0.2) is 0 Å². The Balaban J connectivity index is 5.10. The Morgan fingerprint density at radius 2 is 1.81 bits per heavy atom. The molecule has 3 heteroatoms. The largest absolute Gasteiger partial charge is 0.395 e. The summed E-state index contributed by atoms with van der Waals surface area (Å²) in [6, 6.07) is 0. The molecule has 88 valence electrons. The van der Waals surface area contributed by atoms with Gasteiger partial charge in [0.1, 0.15) is 0 Å². The van der Waals surface area contributed by atoms with Crippen LogP contribution in [0.3, 0.4) is 0 Å². The molecule has 0 aliphatic rings. The second-order valence-electron chi connectivity index (χ2n) is 3.07. The molecule has 3 N–H and O–H groups in total. The van der Waals surface area contributed by atoms with Crippen molar-refractivity contribution in [2.75, 3.05) is 14.1 Å². The Labute approximate surface area is 98.1 Å². The summed E-state index contributed by atoms with van der Waals surface area (Å²) in [4.78, 5) is 4.15. The highest BCUT2D eigenvalue weighted by atomic mass is 14.9. The van der Waals surface area contributed by atoms with Crippen LogP contribution in [0.1, 0.15) is 13.8 Å². The Morgan fingerprint density at radius 1 is 1.12 bits per heavy atom. The van der Waals surface area contributed by atoms with Gasteiger partial charge in [-0.1, -0.05) is 24.3 Å². The van der Waals surface area contributed by atoms with E-state index in [1.54, 1.807) is 7.05 Å². The number of hydrogen-bond acceptors (Lipinski definition) is 3. The molecule has 0 radical (unpaired) electrons. The standard InChI is InChI=1S/C13H21N3/c1-5-7-8-10-12(16-4)13(14)11(15-3)9-6-2/h5-10,15H,14H2,1-4H3/b7-5+,9-6-,10-8+,13-11-,16-12?. The fourth-order valence-electron chi connectivity index (χ4n) is 1.16. The van der Waals surface area contributed by atoms with Crippen molar-refractivity contribution in [3.05, 3.63) is 47.9 Å². The molecule has 0 saturated carbocycles. The first-order valence-corrected chi connectivity index (χ1v) is 5.27. The van der Waals surface area contributed by atoms with Crippen LogP contribution in [0.5, 0.6) is 0 Å². The molecule has 0 aromatic carbocycles. The molecule has 0 saturated heterocycles. The zero-order valence-electron chi connectivity index (χ0n) is 10.5. The predicted octanol–water partition coefficient (Wildman–Crippen LogP) is 2.16. The van der Waals surface area contributed by atoms with E-state index in [0.717, 1.165) is 11.4 Å². The van der Waals surface area contributed by atoms with E-state index in [1.807, 2.05) is 57.4 Å². The first-order valence-electron chi connectivity index (χ1n) is 5.27. The van der Waals surface area contributed by atoms with Gasteiger partial charge in [-0.3, -0.25) is 4.99 Å². The summed E-state index contributed by atoms with van der Waals surface area (Å²) in [5, 5.41) is 3.04. The van der Waals surface area contributed by atoms with E-state index in [0.29, 0.717) is 5.70 Å². The molecule has 0 rings (SSSR count). The van der Waals surface area contributed by atoms with Gasteiger partial charge in [0.2, 0.25) is 0 Å². The number of rotatable bonds is 5. The first-order chi connectivity index (χ1) is 7.71. The van der Waals surface area contributed by atoms with Crippen molar-refractivity contribution >= 4 is 5.71 Å². The fraction of sp³-hybridized carbons (Fsp3) is 0.308. The first kappa shape index (κ1) is 14.2. The molecule has 0 bridgehead atoms. The molecule has 0 fully saturated rings. The van der Waals surface area contributed by atoms with E-state index in [1.165, 1.54) is 0 Å². The lowest BCUT2D eigenvalue weighted by Gasteiger charge is -2.07. The molecule has 0 spiro atoms. The summed E-state index contributed by atoms with van der Waals surface area (Å²) < 4.78 is 0. The Morgan fingerprint density at radius 3 is 2.25 bits per heavy atom. The van der Waals surface area contributed by atoms with Crippen molar-refractivity contribution in [3.8, 4) is 0 Å². The minimum Gasteiger partial charge on any atom is -0.395 e. The third kappa shape index (κ3) is 4.64. The second kappa shape index (κ2) is 8.53. The summed E-state index contributed by atoms with van der Waals surface area (Å²) >= 11 is 0. The van der Waals surface area contributed by atoms with Crippen molar-refractivity contribution in [2.24, 2.45) is 10.7 Å². The number of nitrogens with zero attached hydrogens (tertiary/aromatic N) is 1. The van der Waals surface area contributed by atoms with E-state index in [9.17, 15) is 0 Å². The molecule has 3 nitrogen and oxygen atoms in total. The van der Waals surface area contributed by atoms with Crippen molar-refractivity contribution in [1.29, 1.82) is 0 Å². The average Bonchev–Trinajstić information content (AvgIpc) is 2.31. The van der Waals surface area contributed by atoms with Crippen molar-refractivity contribution in [2.45, 2.75) is 13.8 Å². The fourth-order valence-corrected chi connectivity index (χ4v) is 1.16. The smallest absolute Gasteiger partial charge is 0.0821 e. The highest BCUT2D eigenvalue weighted by molar-refractivity contribution is 6.08. The van der Waals surface area contributed by atoms with Gasteiger partial charge >= 0.3 is 0 Å². The number of nitrogens with two attached hydrogens (primary N) is 1. The van der Waals surface area contributed by atoms with E-state index >= 15 is 0 Å². The van der Waals surface area contributed by atoms with Gasteiger partial charge in [-0.2, -0.15) is 0 Å². The Hall–Kier alpha value is -1.77. The summed E-state index contributed by atoms with van der Waals surface area (Å²) in [6.07, 6.45) is 11.5. The van der Waals surface area contributed by atoms with Gasteiger partial charge in [0.05, 0.1) is 17.1 Å². The third-order valence-corrected chi connectivity index (χ3v) is 1.97. The minimum atomic E-state index is 0.642. The topological polar surface area (TPSA) is 50.4 Å². The lowest BCUT2D eigenvalue weighted by molar-refractivity contribution is 1.01. The third-order valence-electron chi connectivity index (χ3n) is 1.97. The SMILES string of the molecule is C/C=C\C(NC)=C(\N)C(/C=C/C=C/C)=NC. The lowest BCUT2D eigenvalue weighted by Crippen LogP contribution is -2.18. The highest BCUT2D eigenvalue weighted by Crippen LogP contribution is 2.01. The van der Waals surface area contributed by atoms with Crippen LogP contribution in [-0.2, 0) is 0 Å². The molecule has 16 heavy (non-hydrogen) atoms. The maximum absolute atomic E-state index is 6.01. The van der Waals surface area contributed by atoms with Crippen LogP contribution < -0.4 is 11.1 Å². The van der Waals surface area contributed by atoms with E-state index < -0.39 is 0 Å². The number of hydrogen-bond donors (Lipinski definition) is 2. The summed E-state index contributed by atoms with van der Waals surface area (Å²) in [6.45, 7) is 3.91. The Kier molecular flexibility index (Phi) is 7.59. The molecule has 0 amide bonds.